The number of likely N-dealkylation sites (N-methyl/N-ethyl adjacent to an activating group) is 1. The Morgan fingerprint density at radius 1 is 1.15 bits per heavy atom. The van der Waals surface area contributed by atoms with Gasteiger partial charge in [-0.15, -0.1) is 0 Å². The summed E-state index contributed by atoms with van der Waals surface area (Å²) in [6.45, 7) is 3.76. The molecule has 1 aromatic carbocycles. The van der Waals surface area contributed by atoms with E-state index in [1.807, 2.05) is 11.9 Å². The van der Waals surface area contributed by atoms with E-state index in [9.17, 15) is 14.0 Å². The van der Waals surface area contributed by atoms with Gasteiger partial charge in [0.1, 0.15) is 11.6 Å². The molecule has 1 saturated heterocycles. The van der Waals surface area contributed by atoms with Crippen molar-refractivity contribution in [2.75, 3.05) is 52.9 Å². The standard InChI is InChI=1S/C19H26FN3O3/c1-21(12-15-2-3-15)18(24)13-22-8-10-23(11-9-22)19(25)14-26-17-6-4-16(20)5-7-17/h4-7,15H,2-3,8-14H2,1H3. The summed E-state index contributed by atoms with van der Waals surface area (Å²) in [6.07, 6.45) is 2.47. The van der Waals surface area contributed by atoms with Crippen molar-refractivity contribution in [1.82, 2.24) is 14.7 Å². The number of piperazine rings is 1. The number of amides is 2. The summed E-state index contributed by atoms with van der Waals surface area (Å²) in [5.41, 5.74) is 0. The highest BCUT2D eigenvalue weighted by atomic mass is 19.1. The van der Waals surface area contributed by atoms with Crippen molar-refractivity contribution in [3.8, 4) is 5.75 Å². The molecule has 7 heteroatoms. The van der Waals surface area contributed by atoms with Crippen LogP contribution in [0.15, 0.2) is 24.3 Å². The first-order chi connectivity index (χ1) is 12.5. The number of carbonyl (C=O) groups is 2. The topological polar surface area (TPSA) is 53.1 Å². The Balaban J connectivity index is 1.36. The molecule has 2 aliphatic rings. The summed E-state index contributed by atoms with van der Waals surface area (Å²) in [4.78, 5) is 30.1. The van der Waals surface area contributed by atoms with Crippen LogP contribution in [0.3, 0.4) is 0 Å². The normalized spacial score (nSPS) is 17.8. The summed E-state index contributed by atoms with van der Waals surface area (Å²) >= 11 is 0. The number of rotatable bonds is 7. The molecule has 142 valence electrons. The molecule has 1 heterocycles. The SMILES string of the molecule is CN(CC1CC1)C(=O)CN1CCN(C(=O)COc2ccc(F)cc2)CC1. The maximum atomic E-state index is 12.9. The van der Waals surface area contributed by atoms with Gasteiger partial charge >= 0.3 is 0 Å². The first kappa shape index (κ1) is 18.6. The van der Waals surface area contributed by atoms with Gasteiger partial charge in [-0.3, -0.25) is 14.5 Å². The molecule has 0 unspecified atom stereocenters. The second-order valence-corrected chi connectivity index (χ2v) is 7.12. The van der Waals surface area contributed by atoms with Gasteiger partial charge in [-0.1, -0.05) is 0 Å². The first-order valence-corrected chi connectivity index (χ1v) is 9.14. The van der Waals surface area contributed by atoms with E-state index in [0.29, 0.717) is 44.4 Å². The lowest BCUT2D eigenvalue weighted by Crippen LogP contribution is -2.52. The zero-order valence-corrected chi connectivity index (χ0v) is 15.2. The van der Waals surface area contributed by atoms with Crippen LogP contribution >= 0.6 is 0 Å². The predicted molar refractivity (Wildman–Crippen MR) is 95.3 cm³/mol. The van der Waals surface area contributed by atoms with Crippen molar-refractivity contribution in [2.24, 2.45) is 5.92 Å². The van der Waals surface area contributed by atoms with Gasteiger partial charge < -0.3 is 14.5 Å². The Kier molecular flexibility index (Phi) is 6.08. The van der Waals surface area contributed by atoms with Gasteiger partial charge in [-0.2, -0.15) is 0 Å². The molecule has 26 heavy (non-hydrogen) atoms. The maximum Gasteiger partial charge on any atom is 0.260 e. The molecule has 6 nitrogen and oxygen atoms in total. The predicted octanol–water partition coefficient (Wildman–Crippen LogP) is 1.22. The summed E-state index contributed by atoms with van der Waals surface area (Å²) in [6, 6.07) is 5.61. The highest BCUT2D eigenvalue weighted by Gasteiger charge is 2.27. The minimum absolute atomic E-state index is 0.0608. The van der Waals surface area contributed by atoms with Crippen LogP contribution in [0.25, 0.3) is 0 Å². The van der Waals surface area contributed by atoms with E-state index >= 15 is 0 Å². The van der Waals surface area contributed by atoms with Crippen LogP contribution in [0.5, 0.6) is 5.75 Å². The summed E-state index contributed by atoms with van der Waals surface area (Å²) in [7, 11) is 1.87. The zero-order chi connectivity index (χ0) is 18.5. The minimum atomic E-state index is -0.336. The van der Waals surface area contributed by atoms with Crippen LogP contribution in [-0.4, -0.2) is 79.4 Å². The Morgan fingerprint density at radius 3 is 2.42 bits per heavy atom. The lowest BCUT2D eigenvalue weighted by molar-refractivity contribution is -0.136. The molecule has 0 aromatic heterocycles. The van der Waals surface area contributed by atoms with Gasteiger partial charge in [0.25, 0.3) is 5.91 Å². The third-order valence-corrected chi connectivity index (χ3v) is 4.91. The number of carbonyl (C=O) groups excluding carboxylic acids is 2. The average molecular weight is 363 g/mol. The molecular formula is C19H26FN3O3. The number of ether oxygens (including phenoxy) is 1. The van der Waals surface area contributed by atoms with E-state index in [2.05, 4.69) is 4.90 Å². The molecule has 0 N–H and O–H groups in total. The first-order valence-electron chi connectivity index (χ1n) is 9.14. The molecule has 2 fully saturated rings. The molecule has 0 spiro atoms. The molecule has 2 amide bonds. The number of benzene rings is 1. The summed E-state index contributed by atoms with van der Waals surface area (Å²) in [5.74, 6) is 0.891. The van der Waals surface area contributed by atoms with Gasteiger partial charge in [0.05, 0.1) is 6.54 Å². The Morgan fingerprint density at radius 2 is 1.81 bits per heavy atom. The van der Waals surface area contributed by atoms with Crippen LogP contribution in [0.2, 0.25) is 0 Å². The second kappa shape index (κ2) is 8.49. The van der Waals surface area contributed by atoms with Gasteiger partial charge in [0, 0.05) is 39.8 Å². The van der Waals surface area contributed by atoms with E-state index in [1.165, 1.54) is 37.1 Å². The van der Waals surface area contributed by atoms with Crippen molar-refractivity contribution in [3.63, 3.8) is 0 Å². The number of nitrogens with zero attached hydrogens (tertiary/aromatic N) is 3. The second-order valence-electron chi connectivity index (χ2n) is 7.12. The van der Waals surface area contributed by atoms with E-state index in [-0.39, 0.29) is 24.2 Å². The third-order valence-electron chi connectivity index (χ3n) is 4.91. The zero-order valence-electron chi connectivity index (χ0n) is 15.2. The summed E-state index contributed by atoms with van der Waals surface area (Å²) in [5, 5.41) is 0. The molecule has 0 radical (unpaired) electrons. The van der Waals surface area contributed by atoms with Crippen LogP contribution < -0.4 is 4.74 Å². The lowest BCUT2D eigenvalue weighted by Gasteiger charge is -2.35. The van der Waals surface area contributed by atoms with Crippen molar-refractivity contribution >= 4 is 11.8 Å². The fourth-order valence-corrected chi connectivity index (χ4v) is 3.02. The van der Waals surface area contributed by atoms with Crippen molar-refractivity contribution < 1.29 is 18.7 Å². The van der Waals surface area contributed by atoms with Gasteiger partial charge in [0.2, 0.25) is 5.91 Å². The molecule has 1 saturated carbocycles. The fourth-order valence-electron chi connectivity index (χ4n) is 3.02. The molecule has 1 aromatic rings. The van der Waals surface area contributed by atoms with E-state index in [0.717, 1.165) is 6.54 Å². The quantitative estimate of drug-likeness (QED) is 0.731. The molecule has 3 rings (SSSR count). The molecular weight excluding hydrogens is 337 g/mol. The Labute approximate surface area is 153 Å². The molecule has 0 atom stereocenters. The molecule has 1 aliphatic heterocycles. The van der Waals surface area contributed by atoms with Crippen molar-refractivity contribution in [1.29, 1.82) is 0 Å². The van der Waals surface area contributed by atoms with Crippen LogP contribution in [0.4, 0.5) is 4.39 Å². The van der Waals surface area contributed by atoms with Crippen LogP contribution in [0.1, 0.15) is 12.8 Å². The van der Waals surface area contributed by atoms with Crippen molar-refractivity contribution in [3.05, 3.63) is 30.1 Å². The number of hydrogen-bond donors (Lipinski definition) is 0. The van der Waals surface area contributed by atoms with Gasteiger partial charge in [-0.05, 0) is 43.0 Å². The van der Waals surface area contributed by atoms with Crippen LogP contribution in [-0.2, 0) is 9.59 Å². The highest BCUT2D eigenvalue weighted by molar-refractivity contribution is 5.79. The van der Waals surface area contributed by atoms with Gasteiger partial charge in [-0.25, -0.2) is 4.39 Å². The van der Waals surface area contributed by atoms with E-state index in [1.54, 1.807) is 4.90 Å². The number of hydrogen-bond acceptors (Lipinski definition) is 4. The van der Waals surface area contributed by atoms with Crippen LogP contribution in [0, 0.1) is 11.7 Å². The fraction of sp³-hybridized carbons (Fsp3) is 0.579. The molecule has 1 aliphatic carbocycles. The lowest BCUT2D eigenvalue weighted by atomic mass is 10.3. The summed E-state index contributed by atoms with van der Waals surface area (Å²) < 4.78 is 18.3. The minimum Gasteiger partial charge on any atom is -0.484 e. The Hall–Kier alpha value is -2.15. The third kappa shape index (κ3) is 5.42. The van der Waals surface area contributed by atoms with Crippen molar-refractivity contribution in [2.45, 2.75) is 12.8 Å². The van der Waals surface area contributed by atoms with Gasteiger partial charge in [0.15, 0.2) is 6.61 Å². The highest BCUT2D eigenvalue weighted by Crippen LogP contribution is 2.29. The maximum absolute atomic E-state index is 12.9. The van der Waals surface area contributed by atoms with E-state index < -0.39 is 0 Å². The smallest absolute Gasteiger partial charge is 0.260 e. The molecule has 0 bridgehead atoms. The average Bonchev–Trinajstić information content (AvgIpc) is 3.45. The number of halogens is 1. The Bertz CT molecular complexity index is 625. The van der Waals surface area contributed by atoms with E-state index in [4.69, 9.17) is 4.74 Å². The largest absolute Gasteiger partial charge is 0.484 e. The monoisotopic (exact) mass is 363 g/mol.